The van der Waals surface area contributed by atoms with Crippen molar-refractivity contribution in [3.63, 3.8) is 0 Å². The minimum Gasteiger partial charge on any atom is -0.346 e. The SMILES string of the molecule is CCOC(C)(OCC)c1ccc(C(F)(F)C(=O)c2ccccc2)cc1. The highest BCUT2D eigenvalue weighted by molar-refractivity contribution is 6.01. The van der Waals surface area contributed by atoms with Gasteiger partial charge in [-0.1, -0.05) is 54.6 Å². The van der Waals surface area contributed by atoms with E-state index in [1.165, 1.54) is 36.4 Å². The zero-order valence-electron chi connectivity index (χ0n) is 14.6. The highest BCUT2D eigenvalue weighted by Gasteiger charge is 2.41. The molecule has 0 heterocycles. The minimum absolute atomic E-state index is 0.0231. The lowest BCUT2D eigenvalue weighted by atomic mass is 9.96. The predicted molar refractivity (Wildman–Crippen MR) is 91.7 cm³/mol. The Hall–Kier alpha value is -2.11. The van der Waals surface area contributed by atoms with E-state index >= 15 is 0 Å². The van der Waals surface area contributed by atoms with Crippen molar-refractivity contribution < 1.29 is 23.0 Å². The minimum atomic E-state index is -3.60. The number of ether oxygens (including phenoxy) is 2. The maximum atomic E-state index is 14.5. The lowest BCUT2D eigenvalue weighted by molar-refractivity contribution is -0.229. The molecule has 5 heteroatoms. The normalized spacial score (nSPS) is 12.2. The topological polar surface area (TPSA) is 35.5 Å². The Labute approximate surface area is 146 Å². The van der Waals surface area contributed by atoms with Gasteiger partial charge in [0.05, 0.1) is 0 Å². The van der Waals surface area contributed by atoms with Gasteiger partial charge >= 0.3 is 5.92 Å². The number of hydrogen-bond acceptors (Lipinski definition) is 3. The lowest BCUT2D eigenvalue weighted by Gasteiger charge is -2.30. The zero-order chi connectivity index (χ0) is 18.5. The summed E-state index contributed by atoms with van der Waals surface area (Å²) in [5.41, 5.74) is 0.230. The summed E-state index contributed by atoms with van der Waals surface area (Å²) in [6, 6.07) is 13.0. The first-order chi connectivity index (χ1) is 11.8. The maximum Gasteiger partial charge on any atom is 0.334 e. The Balaban J connectivity index is 2.30. The maximum absolute atomic E-state index is 14.5. The fourth-order valence-electron chi connectivity index (χ4n) is 2.64. The van der Waals surface area contributed by atoms with Gasteiger partial charge in [0.15, 0.2) is 5.79 Å². The largest absolute Gasteiger partial charge is 0.346 e. The van der Waals surface area contributed by atoms with Gasteiger partial charge in [-0.25, -0.2) is 0 Å². The van der Waals surface area contributed by atoms with Gasteiger partial charge in [-0.05, 0) is 20.8 Å². The van der Waals surface area contributed by atoms with Crippen molar-refractivity contribution in [1.82, 2.24) is 0 Å². The molecule has 2 rings (SSSR count). The van der Waals surface area contributed by atoms with E-state index in [9.17, 15) is 13.6 Å². The second kappa shape index (κ2) is 7.85. The van der Waals surface area contributed by atoms with E-state index in [2.05, 4.69) is 0 Å². The molecule has 0 amide bonds. The van der Waals surface area contributed by atoms with Crippen molar-refractivity contribution in [2.24, 2.45) is 0 Å². The van der Waals surface area contributed by atoms with Crippen LogP contribution in [-0.4, -0.2) is 19.0 Å². The second-order valence-corrected chi connectivity index (χ2v) is 5.66. The summed E-state index contributed by atoms with van der Waals surface area (Å²) in [5.74, 6) is -5.84. The Kier molecular flexibility index (Phi) is 6.03. The molecule has 0 fully saturated rings. The van der Waals surface area contributed by atoms with E-state index in [0.717, 1.165) is 0 Å². The third kappa shape index (κ3) is 4.11. The van der Waals surface area contributed by atoms with Crippen LogP contribution in [-0.2, 0) is 21.2 Å². The Morgan fingerprint density at radius 2 is 1.36 bits per heavy atom. The van der Waals surface area contributed by atoms with Gasteiger partial charge in [0.2, 0.25) is 5.78 Å². The van der Waals surface area contributed by atoms with Gasteiger partial charge in [-0.15, -0.1) is 0 Å². The Morgan fingerprint density at radius 1 is 0.880 bits per heavy atom. The van der Waals surface area contributed by atoms with Crippen LogP contribution >= 0.6 is 0 Å². The van der Waals surface area contributed by atoms with Gasteiger partial charge < -0.3 is 9.47 Å². The van der Waals surface area contributed by atoms with Crippen LogP contribution in [0, 0.1) is 0 Å². The average molecular weight is 348 g/mol. The quantitative estimate of drug-likeness (QED) is 0.502. The first kappa shape index (κ1) is 19.2. The average Bonchev–Trinajstić information content (AvgIpc) is 2.62. The van der Waals surface area contributed by atoms with Crippen molar-refractivity contribution >= 4 is 5.78 Å². The third-order valence-corrected chi connectivity index (χ3v) is 3.93. The molecule has 0 saturated carbocycles. The standard InChI is InChI=1S/C20H22F2O3/c1-4-24-19(3,25-5-2)16-11-13-17(14-12-16)20(21,22)18(23)15-9-7-6-8-10-15/h6-14H,4-5H2,1-3H3. The molecule has 0 aliphatic rings. The molecule has 0 unspecified atom stereocenters. The van der Waals surface area contributed by atoms with E-state index in [4.69, 9.17) is 9.47 Å². The molecule has 25 heavy (non-hydrogen) atoms. The molecule has 0 aliphatic carbocycles. The van der Waals surface area contributed by atoms with Gasteiger partial charge in [0.1, 0.15) is 0 Å². The zero-order valence-corrected chi connectivity index (χ0v) is 14.6. The van der Waals surface area contributed by atoms with Crippen molar-refractivity contribution in [2.45, 2.75) is 32.5 Å². The number of rotatable bonds is 8. The van der Waals surface area contributed by atoms with E-state index < -0.39 is 17.5 Å². The van der Waals surface area contributed by atoms with E-state index in [-0.39, 0.29) is 11.1 Å². The molecule has 2 aromatic rings. The summed E-state index contributed by atoms with van der Waals surface area (Å²) >= 11 is 0. The van der Waals surface area contributed by atoms with Crippen LogP contribution in [0.4, 0.5) is 8.78 Å². The van der Waals surface area contributed by atoms with Gasteiger partial charge in [-0.3, -0.25) is 4.79 Å². The number of carbonyl (C=O) groups is 1. The number of halogens is 2. The van der Waals surface area contributed by atoms with Crippen LogP contribution < -0.4 is 0 Å². The van der Waals surface area contributed by atoms with Crippen LogP contribution in [0.25, 0.3) is 0 Å². The third-order valence-electron chi connectivity index (χ3n) is 3.93. The summed E-state index contributed by atoms with van der Waals surface area (Å²) < 4.78 is 40.3. The number of Topliss-reactive ketones (excluding diaryl/α,β-unsaturated/α-hetero) is 1. The van der Waals surface area contributed by atoms with E-state index in [1.807, 2.05) is 13.8 Å². The highest BCUT2D eigenvalue weighted by atomic mass is 19.3. The molecule has 3 nitrogen and oxygen atoms in total. The van der Waals surface area contributed by atoms with Gasteiger partial charge in [0, 0.05) is 29.9 Å². The van der Waals surface area contributed by atoms with Crippen molar-refractivity contribution in [2.75, 3.05) is 13.2 Å². The van der Waals surface area contributed by atoms with Crippen molar-refractivity contribution in [3.8, 4) is 0 Å². The molecule has 0 spiro atoms. The molecule has 0 radical (unpaired) electrons. The molecule has 0 atom stereocenters. The first-order valence-electron chi connectivity index (χ1n) is 8.21. The molecule has 0 N–H and O–H groups in total. The number of alkyl halides is 2. The molecule has 2 aromatic carbocycles. The van der Waals surface area contributed by atoms with Crippen LogP contribution in [0.1, 0.15) is 42.3 Å². The second-order valence-electron chi connectivity index (χ2n) is 5.66. The van der Waals surface area contributed by atoms with Crippen molar-refractivity contribution in [3.05, 3.63) is 71.3 Å². The molecule has 0 aliphatic heterocycles. The van der Waals surface area contributed by atoms with Crippen LogP contribution in [0.2, 0.25) is 0 Å². The van der Waals surface area contributed by atoms with Gasteiger partial charge in [0.25, 0.3) is 0 Å². The smallest absolute Gasteiger partial charge is 0.334 e. The summed E-state index contributed by atoms with van der Waals surface area (Å²) in [5, 5.41) is 0. The Morgan fingerprint density at radius 3 is 1.84 bits per heavy atom. The monoisotopic (exact) mass is 348 g/mol. The summed E-state index contributed by atoms with van der Waals surface area (Å²) in [4.78, 5) is 12.2. The molecule has 134 valence electrons. The van der Waals surface area contributed by atoms with Crippen LogP contribution in [0.5, 0.6) is 0 Å². The molecular weight excluding hydrogens is 326 g/mol. The molecule has 0 saturated heterocycles. The van der Waals surface area contributed by atoms with Crippen LogP contribution in [0.15, 0.2) is 54.6 Å². The fraction of sp³-hybridized carbons (Fsp3) is 0.350. The first-order valence-corrected chi connectivity index (χ1v) is 8.21. The number of carbonyl (C=O) groups excluding carboxylic acids is 1. The summed E-state index contributed by atoms with van der Waals surface area (Å²) in [7, 11) is 0. The molecular formula is C20H22F2O3. The highest BCUT2D eigenvalue weighted by Crippen LogP contribution is 2.34. The lowest BCUT2D eigenvalue weighted by Crippen LogP contribution is -2.30. The Bertz CT molecular complexity index is 691. The number of ketones is 1. The fourth-order valence-corrected chi connectivity index (χ4v) is 2.64. The van der Waals surface area contributed by atoms with Gasteiger partial charge in [-0.2, -0.15) is 8.78 Å². The van der Waals surface area contributed by atoms with Crippen LogP contribution in [0.3, 0.4) is 0 Å². The van der Waals surface area contributed by atoms with E-state index in [1.54, 1.807) is 25.1 Å². The number of benzene rings is 2. The number of hydrogen-bond donors (Lipinski definition) is 0. The summed E-state index contributed by atoms with van der Waals surface area (Å²) in [6.07, 6.45) is 0. The van der Waals surface area contributed by atoms with Crippen molar-refractivity contribution in [1.29, 1.82) is 0 Å². The predicted octanol–water partition coefficient (Wildman–Crippen LogP) is 4.91. The molecule has 0 bridgehead atoms. The summed E-state index contributed by atoms with van der Waals surface area (Å²) in [6.45, 7) is 6.24. The molecule has 0 aromatic heterocycles. The van der Waals surface area contributed by atoms with E-state index in [0.29, 0.717) is 18.8 Å².